The standard InChI is InChI=1S/C39H36N2OSi2/c40-33-25-21-31(22-26-33)39(32-23-27-34(41)28-24-32)29-30-43(35-13-5-1-6-14-35,36-15-7-2-8-16-36)44(42-39,37-17-9-3-10-18-37)38-19-11-4-12-20-38/h1-28H,29-30,40-41H2. The molecule has 1 fully saturated rings. The highest BCUT2D eigenvalue weighted by Gasteiger charge is 2.67. The van der Waals surface area contributed by atoms with E-state index in [2.05, 4.69) is 146 Å². The first-order valence-electron chi connectivity index (χ1n) is 15.2. The van der Waals surface area contributed by atoms with Gasteiger partial charge in [-0.05, 0) is 58.2 Å². The molecular formula is C39H36N2OSi2. The van der Waals surface area contributed by atoms with E-state index in [1.807, 2.05) is 24.3 Å². The van der Waals surface area contributed by atoms with Crippen LogP contribution in [0.5, 0.6) is 0 Å². The van der Waals surface area contributed by atoms with Gasteiger partial charge in [0.25, 0.3) is 7.83 Å². The fraction of sp³-hybridized carbons (Fsp3) is 0.0769. The smallest absolute Gasteiger partial charge is 0.252 e. The summed E-state index contributed by atoms with van der Waals surface area (Å²) in [5.74, 6) is 0. The quantitative estimate of drug-likeness (QED) is 0.192. The Hall–Kier alpha value is -4.69. The predicted molar refractivity (Wildman–Crippen MR) is 189 cm³/mol. The first-order chi connectivity index (χ1) is 21.6. The number of rotatable bonds is 6. The van der Waals surface area contributed by atoms with Gasteiger partial charge in [-0.15, -0.1) is 0 Å². The zero-order valence-electron chi connectivity index (χ0n) is 24.6. The van der Waals surface area contributed by atoms with Gasteiger partial charge < -0.3 is 15.9 Å². The minimum Gasteiger partial charge on any atom is -0.399 e. The largest absolute Gasteiger partial charge is 0.399 e. The summed E-state index contributed by atoms with van der Waals surface area (Å²) in [6.07, 6.45) is 0.825. The highest BCUT2D eigenvalue weighted by Crippen LogP contribution is 2.48. The summed E-state index contributed by atoms with van der Waals surface area (Å²) in [6, 6.07) is 62.3. The number of nitrogens with two attached hydrogens (primary N) is 2. The molecule has 44 heavy (non-hydrogen) atoms. The van der Waals surface area contributed by atoms with E-state index in [0.29, 0.717) is 0 Å². The highest BCUT2D eigenvalue weighted by atomic mass is 29.3. The average molecular weight is 605 g/mol. The van der Waals surface area contributed by atoms with Gasteiger partial charge in [0.1, 0.15) is 5.60 Å². The molecule has 7 rings (SSSR count). The molecule has 0 atom stereocenters. The lowest BCUT2D eigenvalue weighted by Gasteiger charge is -2.58. The Balaban J connectivity index is 1.64. The van der Waals surface area contributed by atoms with Crippen LogP contribution in [0.1, 0.15) is 17.5 Å². The zero-order chi connectivity index (χ0) is 30.0. The molecule has 0 saturated carbocycles. The summed E-state index contributed by atoms with van der Waals surface area (Å²) in [7, 11) is -5.85. The van der Waals surface area contributed by atoms with Crippen molar-refractivity contribution in [2.24, 2.45) is 0 Å². The van der Waals surface area contributed by atoms with Crippen LogP contribution < -0.4 is 32.2 Å². The number of hydrogen-bond acceptors (Lipinski definition) is 3. The van der Waals surface area contributed by atoms with Crippen molar-refractivity contribution >= 4 is 47.5 Å². The first-order valence-corrected chi connectivity index (χ1v) is 20.3. The van der Waals surface area contributed by atoms with Gasteiger partial charge in [0.2, 0.25) is 0 Å². The first kappa shape index (κ1) is 28.1. The summed E-state index contributed by atoms with van der Waals surface area (Å²) in [5, 5.41) is 5.41. The Morgan fingerprint density at radius 2 is 0.773 bits per heavy atom. The molecule has 0 aliphatic carbocycles. The van der Waals surface area contributed by atoms with Gasteiger partial charge in [0.15, 0.2) is 7.59 Å². The summed E-state index contributed by atoms with van der Waals surface area (Å²) < 4.78 is 8.33. The fourth-order valence-electron chi connectivity index (χ4n) is 7.45. The van der Waals surface area contributed by atoms with E-state index in [0.717, 1.165) is 35.0 Å². The Bertz CT molecular complexity index is 1710. The molecule has 0 amide bonds. The topological polar surface area (TPSA) is 61.3 Å². The normalized spacial score (nSPS) is 16.6. The summed E-state index contributed by atoms with van der Waals surface area (Å²) in [4.78, 5) is 0. The van der Waals surface area contributed by atoms with Gasteiger partial charge in [0.05, 0.1) is 0 Å². The molecule has 0 unspecified atom stereocenters. The van der Waals surface area contributed by atoms with Crippen LogP contribution in [0.2, 0.25) is 6.04 Å². The molecule has 6 aromatic rings. The number of anilines is 2. The molecule has 0 radical (unpaired) electrons. The molecule has 1 aliphatic heterocycles. The minimum atomic E-state index is -3.15. The van der Waals surface area contributed by atoms with Crippen molar-refractivity contribution in [1.82, 2.24) is 0 Å². The van der Waals surface area contributed by atoms with Crippen molar-refractivity contribution in [2.45, 2.75) is 18.1 Å². The van der Waals surface area contributed by atoms with E-state index in [9.17, 15) is 0 Å². The average Bonchev–Trinajstić information content (AvgIpc) is 3.10. The Labute approximate surface area is 261 Å². The van der Waals surface area contributed by atoms with Crippen LogP contribution >= 0.6 is 0 Å². The summed E-state index contributed by atoms with van der Waals surface area (Å²) in [6.45, 7) is 0. The molecular weight excluding hydrogens is 569 g/mol. The molecule has 0 spiro atoms. The molecule has 4 N–H and O–H groups in total. The van der Waals surface area contributed by atoms with E-state index in [1.54, 1.807) is 0 Å². The lowest BCUT2D eigenvalue weighted by Crippen LogP contribution is -2.89. The van der Waals surface area contributed by atoms with Crippen molar-refractivity contribution < 1.29 is 4.43 Å². The number of benzene rings is 6. The molecule has 0 bridgehead atoms. The Kier molecular flexibility index (Phi) is 7.30. The Morgan fingerprint density at radius 3 is 1.14 bits per heavy atom. The van der Waals surface area contributed by atoms with Crippen LogP contribution in [-0.4, -0.2) is 15.4 Å². The van der Waals surface area contributed by atoms with Crippen LogP contribution in [-0.2, 0) is 10.0 Å². The molecule has 1 heterocycles. The van der Waals surface area contributed by atoms with Gasteiger partial charge in [-0.1, -0.05) is 156 Å². The predicted octanol–water partition coefficient (Wildman–Crippen LogP) is 5.62. The maximum atomic E-state index is 8.33. The molecule has 216 valence electrons. The third kappa shape index (κ3) is 4.44. The third-order valence-corrected chi connectivity index (χ3v) is 25.3. The second kappa shape index (κ2) is 11.4. The van der Waals surface area contributed by atoms with Gasteiger partial charge in [0, 0.05) is 11.4 Å². The lowest BCUT2D eigenvalue weighted by atomic mass is 9.84. The van der Waals surface area contributed by atoms with Crippen molar-refractivity contribution in [3.05, 3.63) is 181 Å². The number of hydrogen-bond donors (Lipinski definition) is 2. The van der Waals surface area contributed by atoms with Crippen molar-refractivity contribution in [3.8, 4) is 0 Å². The van der Waals surface area contributed by atoms with E-state index in [-0.39, 0.29) is 0 Å². The minimum absolute atomic E-state index is 0.709. The maximum absolute atomic E-state index is 8.33. The van der Waals surface area contributed by atoms with Crippen LogP contribution in [0.25, 0.3) is 0 Å². The van der Waals surface area contributed by atoms with E-state index >= 15 is 0 Å². The lowest BCUT2D eigenvalue weighted by molar-refractivity contribution is 0.0991. The molecule has 0 aromatic heterocycles. The second-order valence-electron chi connectivity index (χ2n) is 11.7. The molecule has 3 nitrogen and oxygen atoms in total. The van der Waals surface area contributed by atoms with Gasteiger partial charge in [-0.2, -0.15) is 0 Å². The van der Waals surface area contributed by atoms with Crippen LogP contribution in [0.3, 0.4) is 0 Å². The van der Waals surface area contributed by atoms with Gasteiger partial charge >= 0.3 is 0 Å². The Morgan fingerprint density at radius 1 is 0.432 bits per heavy atom. The van der Waals surface area contributed by atoms with Gasteiger partial charge in [-0.25, -0.2) is 0 Å². The second-order valence-corrected chi connectivity index (χ2v) is 22.6. The maximum Gasteiger partial charge on any atom is 0.252 e. The molecule has 6 aromatic carbocycles. The van der Waals surface area contributed by atoms with E-state index < -0.39 is 21.0 Å². The fourth-order valence-corrected chi connectivity index (χ4v) is 25.6. The van der Waals surface area contributed by atoms with Crippen LogP contribution in [0.15, 0.2) is 170 Å². The van der Waals surface area contributed by atoms with Crippen molar-refractivity contribution in [3.63, 3.8) is 0 Å². The monoisotopic (exact) mass is 604 g/mol. The molecule has 5 heteroatoms. The van der Waals surface area contributed by atoms with Crippen molar-refractivity contribution in [2.75, 3.05) is 11.5 Å². The summed E-state index contributed by atoms with van der Waals surface area (Å²) in [5.41, 5.74) is 15.5. The van der Waals surface area contributed by atoms with Crippen molar-refractivity contribution in [1.29, 1.82) is 0 Å². The van der Waals surface area contributed by atoms with Gasteiger partial charge in [-0.3, -0.25) is 0 Å². The van der Waals surface area contributed by atoms with E-state index in [1.165, 1.54) is 20.7 Å². The summed E-state index contributed by atoms with van der Waals surface area (Å²) >= 11 is 0. The SMILES string of the molecule is Nc1ccc(C2(c3ccc(N)cc3)CC[Si](c3ccccc3)(c3ccccc3)[Si](c3ccccc3)(c3ccccc3)O2)cc1. The third-order valence-electron chi connectivity index (χ3n) is 9.43. The highest BCUT2D eigenvalue weighted by molar-refractivity contribution is 7.57. The van der Waals surface area contributed by atoms with E-state index in [4.69, 9.17) is 15.9 Å². The number of nitrogen functional groups attached to an aromatic ring is 2. The molecule has 1 aliphatic rings. The molecule has 1 saturated heterocycles. The van der Waals surface area contributed by atoms with Crippen LogP contribution in [0, 0.1) is 0 Å². The van der Waals surface area contributed by atoms with Crippen LogP contribution in [0.4, 0.5) is 11.4 Å². The zero-order valence-corrected chi connectivity index (χ0v) is 26.6.